The number of para-hydroxylation sites is 1. The minimum absolute atomic E-state index is 0.243. The lowest BCUT2D eigenvalue weighted by Gasteiger charge is -2.21. The van der Waals surface area contributed by atoms with E-state index < -0.39 is 5.97 Å². The van der Waals surface area contributed by atoms with Crippen molar-refractivity contribution in [3.8, 4) is 23.3 Å². The summed E-state index contributed by atoms with van der Waals surface area (Å²) in [6, 6.07) is 16.1. The Morgan fingerprint density at radius 3 is 2.14 bits per heavy atom. The zero-order valence-electron chi connectivity index (χ0n) is 12.9. The van der Waals surface area contributed by atoms with E-state index in [4.69, 9.17) is 9.47 Å². The standard InChI is InChI=1S/C19H18O3/c1-19(2,3)22-17-12-9-15(10-13-17)11-14-18(20)21-16-7-5-4-6-8-16/h4-10,12-13H,1-3H3. The molecule has 0 amide bonds. The fourth-order valence-corrected chi connectivity index (χ4v) is 1.70. The van der Waals surface area contributed by atoms with Crippen LogP contribution in [0.25, 0.3) is 0 Å². The molecule has 0 saturated carbocycles. The number of esters is 1. The first-order valence-electron chi connectivity index (χ1n) is 7.00. The van der Waals surface area contributed by atoms with Gasteiger partial charge in [-0.25, -0.2) is 4.79 Å². The highest BCUT2D eigenvalue weighted by atomic mass is 16.5. The molecule has 0 spiro atoms. The molecule has 112 valence electrons. The second-order valence-electron chi connectivity index (χ2n) is 5.69. The van der Waals surface area contributed by atoms with Crippen molar-refractivity contribution in [2.75, 3.05) is 0 Å². The maximum atomic E-state index is 11.6. The molecule has 0 saturated heterocycles. The Labute approximate surface area is 130 Å². The molecule has 0 atom stereocenters. The number of rotatable bonds is 2. The molecule has 0 radical (unpaired) electrons. The van der Waals surface area contributed by atoms with Crippen LogP contribution in [-0.4, -0.2) is 11.6 Å². The number of ether oxygens (including phenoxy) is 2. The molecule has 0 bridgehead atoms. The summed E-state index contributed by atoms with van der Waals surface area (Å²) in [6.07, 6.45) is 0. The van der Waals surface area contributed by atoms with Crippen molar-refractivity contribution in [1.82, 2.24) is 0 Å². The van der Waals surface area contributed by atoms with Gasteiger partial charge in [0, 0.05) is 11.5 Å². The number of hydrogen-bond donors (Lipinski definition) is 0. The van der Waals surface area contributed by atoms with Gasteiger partial charge in [0.1, 0.15) is 17.1 Å². The second-order valence-corrected chi connectivity index (χ2v) is 5.69. The summed E-state index contributed by atoms with van der Waals surface area (Å²) in [5.41, 5.74) is 0.485. The molecule has 3 heteroatoms. The molecule has 22 heavy (non-hydrogen) atoms. The first kappa shape index (κ1) is 15.7. The van der Waals surface area contributed by atoms with Crippen LogP contribution in [0.2, 0.25) is 0 Å². The predicted octanol–water partition coefficient (Wildman–Crippen LogP) is 3.82. The molecular weight excluding hydrogens is 276 g/mol. The molecule has 0 aliphatic carbocycles. The van der Waals surface area contributed by atoms with E-state index in [-0.39, 0.29) is 5.60 Å². The molecule has 0 aromatic heterocycles. The van der Waals surface area contributed by atoms with E-state index in [1.54, 1.807) is 24.3 Å². The maximum absolute atomic E-state index is 11.6. The second kappa shape index (κ2) is 6.82. The average molecular weight is 294 g/mol. The van der Waals surface area contributed by atoms with Crippen molar-refractivity contribution < 1.29 is 14.3 Å². The molecule has 2 aromatic carbocycles. The van der Waals surface area contributed by atoms with Crippen molar-refractivity contribution in [2.45, 2.75) is 26.4 Å². The van der Waals surface area contributed by atoms with Crippen LogP contribution >= 0.6 is 0 Å². The van der Waals surface area contributed by atoms with Gasteiger partial charge < -0.3 is 9.47 Å². The van der Waals surface area contributed by atoms with E-state index in [0.29, 0.717) is 5.75 Å². The summed E-state index contributed by atoms with van der Waals surface area (Å²) in [6.45, 7) is 5.96. The molecular formula is C19H18O3. The highest BCUT2D eigenvalue weighted by Gasteiger charge is 2.11. The largest absolute Gasteiger partial charge is 0.488 e. The smallest absolute Gasteiger partial charge is 0.390 e. The normalized spacial score (nSPS) is 10.3. The third-order valence-corrected chi connectivity index (χ3v) is 2.54. The fourth-order valence-electron chi connectivity index (χ4n) is 1.70. The SMILES string of the molecule is CC(C)(C)Oc1ccc(C#CC(=O)Oc2ccccc2)cc1. The fraction of sp³-hybridized carbons (Fsp3) is 0.211. The molecule has 0 aliphatic heterocycles. The van der Waals surface area contributed by atoms with Gasteiger partial charge in [0.15, 0.2) is 0 Å². The molecule has 0 heterocycles. The third kappa shape index (κ3) is 5.34. The zero-order valence-corrected chi connectivity index (χ0v) is 12.9. The monoisotopic (exact) mass is 294 g/mol. The minimum atomic E-state index is -0.582. The molecule has 3 nitrogen and oxygen atoms in total. The first-order chi connectivity index (χ1) is 10.4. The van der Waals surface area contributed by atoms with Gasteiger partial charge in [-0.1, -0.05) is 24.1 Å². The van der Waals surface area contributed by atoms with E-state index >= 15 is 0 Å². The van der Waals surface area contributed by atoms with Crippen LogP contribution in [-0.2, 0) is 4.79 Å². The van der Waals surface area contributed by atoms with Gasteiger partial charge in [0.2, 0.25) is 0 Å². The Morgan fingerprint density at radius 2 is 1.55 bits per heavy atom. The Kier molecular flexibility index (Phi) is 4.85. The van der Waals surface area contributed by atoms with Crippen LogP contribution in [0.5, 0.6) is 11.5 Å². The van der Waals surface area contributed by atoms with E-state index in [2.05, 4.69) is 11.8 Å². The Hall–Kier alpha value is -2.73. The molecule has 2 rings (SSSR count). The van der Waals surface area contributed by atoms with Gasteiger partial charge in [0.05, 0.1) is 0 Å². The van der Waals surface area contributed by atoms with Gasteiger partial charge in [-0.15, -0.1) is 0 Å². The lowest BCUT2D eigenvalue weighted by Crippen LogP contribution is -2.22. The third-order valence-electron chi connectivity index (χ3n) is 2.54. The van der Waals surface area contributed by atoms with Crippen molar-refractivity contribution in [3.05, 3.63) is 60.2 Å². The summed E-state index contributed by atoms with van der Waals surface area (Å²) in [5, 5.41) is 0. The Balaban J connectivity index is 1.98. The lowest BCUT2D eigenvalue weighted by molar-refractivity contribution is -0.128. The van der Waals surface area contributed by atoms with Crippen LogP contribution < -0.4 is 9.47 Å². The summed E-state index contributed by atoms with van der Waals surface area (Å²) < 4.78 is 10.8. The highest BCUT2D eigenvalue weighted by Crippen LogP contribution is 2.18. The topological polar surface area (TPSA) is 35.5 Å². The minimum Gasteiger partial charge on any atom is -0.488 e. The number of carbonyl (C=O) groups excluding carboxylic acids is 1. The molecule has 0 N–H and O–H groups in total. The van der Waals surface area contributed by atoms with Crippen LogP contribution in [0.1, 0.15) is 26.3 Å². The van der Waals surface area contributed by atoms with E-state index in [1.807, 2.05) is 51.1 Å². The van der Waals surface area contributed by atoms with Crippen LogP contribution in [0.3, 0.4) is 0 Å². The van der Waals surface area contributed by atoms with E-state index in [9.17, 15) is 4.79 Å². The Bertz CT molecular complexity index is 683. The molecule has 0 aliphatic rings. The van der Waals surface area contributed by atoms with Gasteiger partial charge in [0.25, 0.3) is 0 Å². The maximum Gasteiger partial charge on any atom is 0.390 e. The molecule has 0 unspecified atom stereocenters. The van der Waals surface area contributed by atoms with Crippen molar-refractivity contribution in [3.63, 3.8) is 0 Å². The average Bonchev–Trinajstić information content (AvgIpc) is 2.46. The number of hydrogen-bond acceptors (Lipinski definition) is 3. The van der Waals surface area contributed by atoms with Gasteiger partial charge in [-0.3, -0.25) is 0 Å². The van der Waals surface area contributed by atoms with E-state index in [1.165, 1.54) is 0 Å². The lowest BCUT2D eigenvalue weighted by atomic mass is 10.2. The van der Waals surface area contributed by atoms with Gasteiger partial charge in [-0.2, -0.15) is 0 Å². The van der Waals surface area contributed by atoms with Gasteiger partial charge >= 0.3 is 5.97 Å². The highest BCUT2D eigenvalue weighted by molar-refractivity contribution is 5.90. The van der Waals surface area contributed by atoms with Gasteiger partial charge in [-0.05, 0) is 57.2 Å². The summed E-state index contributed by atoms with van der Waals surface area (Å²) in [7, 11) is 0. The number of carbonyl (C=O) groups is 1. The predicted molar refractivity (Wildman–Crippen MR) is 85.8 cm³/mol. The van der Waals surface area contributed by atoms with Crippen LogP contribution in [0, 0.1) is 11.8 Å². The van der Waals surface area contributed by atoms with E-state index in [0.717, 1.165) is 11.3 Å². The Morgan fingerprint density at radius 1 is 0.909 bits per heavy atom. The summed E-state index contributed by atoms with van der Waals surface area (Å²) in [4.78, 5) is 11.6. The summed E-state index contributed by atoms with van der Waals surface area (Å²) in [5.74, 6) is 5.91. The zero-order chi connectivity index (χ0) is 16.0. The molecule has 0 fully saturated rings. The van der Waals surface area contributed by atoms with Crippen LogP contribution in [0.15, 0.2) is 54.6 Å². The first-order valence-corrected chi connectivity index (χ1v) is 7.00. The number of benzene rings is 2. The van der Waals surface area contributed by atoms with Crippen molar-refractivity contribution >= 4 is 5.97 Å². The van der Waals surface area contributed by atoms with Crippen LogP contribution in [0.4, 0.5) is 0 Å². The van der Waals surface area contributed by atoms with Crippen molar-refractivity contribution in [1.29, 1.82) is 0 Å². The molecule has 2 aromatic rings. The summed E-state index contributed by atoms with van der Waals surface area (Å²) >= 11 is 0. The quantitative estimate of drug-likeness (QED) is 0.480. The van der Waals surface area contributed by atoms with Crippen molar-refractivity contribution in [2.24, 2.45) is 0 Å².